The number of hydrogen-bond acceptors (Lipinski definition) is 0. The van der Waals surface area contributed by atoms with E-state index < -0.39 is 45.4 Å². The molecule has 172 valence electrons. The zero-order valence-electron chi connectivity index (χ0n) is 20.7. The average Bonchev–Trinajstić information content (AvgIpc) is 3.15. The van der Waals surface area contributed by atoms with Crippen molar-refractivity contribution < 1.29 is 18.9 Å². The van der Waals surface area contributed by atoms with Crippen LogP contribution in [0.4, 0.5) is 0 Å². The average molecular weight is 668 g/mol. The van der Waals surface area contributed by atoms with E-state index in [-0.39, 0.29) is 0 Å². The fourth-order valence-corrected chi connectivity index (χ4v) is 14.3. The van der Waals surface area contributed by atoms with Crippen LogP contribution in [0.15, 0.2) is 60.7 Å². The Morgan fingerprint density at radius 3 is 1.22 bits per heavy atom. The summed E-state index contributed by atoms with van der Waals surface area (Å²) in [6, 6.07) is 22.2. The molecule has 0 aliphatic carbocycles. The van der Waals surface area contributed by atoms with Crippen LogP contribution in [0.25, 0.3) is 21.5 Å². The van der Waals surface area contributed by atoms with Gasteiger partial charge < -0.3 is 0 Å². The summed E-state index contributed by atoms with van der Waals surface area (Å²) in [6.45, 7) is 4.51. The Hall–Kier alpha value is 0.0788. The van der Waals surface area contributed by atoms with Crippen molar-refractivity contribution in [2.24, 2.45) is 0 Å². The molecule has 0 bridgehead atoms. The van der Waals surface area contributed by atoms with Crippen LogP contribution in [0.5, 0.6) is 0 Å². The van der Waals surface area contributed by atoms with E-state index in [4.69, 9.17) is 17.0 Å². The van der Waals surface area contributed by atoms with Crippen LogP contribution in [0.2, 0.25) is 34.5 Å². The van der Waals surface area contributed by atoms with Crippen LogP contribution in [-0.2, 0) is 18.9 Å². The summed E-state index contributed by atoms with van der Waals surface area (Å²) in [6.07, 6.45) is 0. The first-order valence-electron chi connectivity index (χ1n) is 11.0. The normalized spacial score (nSPS) is 11.6. The molecule has 0 radical (unpaired) electrons. The Balaban J connectivity index is 0.000000195. The van der Waals surface area contributed by atoms with Crippen LogP contribution in [0.3, 0.4) is 0 Å². The van der Waals surface area contributed by atoms with Crippen molar-refractivity contribution >= 4 is 78.1 Å². The van der Waals surface area contributed by atoms with Gasteiger partial charge in [0.05, 0.1) is 0 Å². The molecule has 0 unspecified atom stereocenters. The number of halogens is 2. The van der Waals surface area contributed by atoms with Crippen molar-refractivity contribution in [3.8, 4) is 0 Å². The molecular formula is C27H36Cl2Ge2Zr-2. The summed E-state index contributed by atoms with van der Waals surface area (Å²) in [5.74, 6) is 14.8. The van der Waals surface area contributed by atoms with Crippen LogP contribution >= 0.6 is 17.0 Å². The molecule has 0 aliphatic rings. The van der Waals surface area contributed by atoms with Crippen LogP contribution in [0.1, 0.15) is 11.1 Å². The maximum atomic E-state index is 5.13. The van der Waals surface area contributed by atoms with Crippen LogP contribution in [0, 0.1) is 13.8 Å². The van der Waals surface area contributed by atoms with Gasteiger partial charge in [-0.25, -0.2) is 0 Å². The Bertz CT molecular complexity index is 1110. The van der Waals surface area contributed by atoms with E-state index in [1.165, 1.54) is 32.7 Å². The van der Waals surface area contributed by atoms with E-state index in [1.54, 1.807) is 8.79 Å². The Kier molecular flexibility index (Phi) is 10.3. The third-order valence-electron chi connectivity index (χ3n) is 5.49. The first-order valence-corrected chi connectivity index (χ1v) is 33.8. The van der Waals surface area contributed by atoms with Gasteiger partial charge >= 0.3 is 217 Å². The summed E-state index contributed by atoms with van der Waals surface area (Å²) < 4.78 is 6.73. The van der Waals surface area contributed by atoms with Crippen molar-refractivity contribution in [2.45, 2.75) is 48.4 Å². The van der Waals surface area contributed by atoms with Crippen molar-refractivity contribution in [3.05, 3.63) is 71.8 Å². The van der Waals surface area contributed by atoms with Crippen molar-refractivity contribution in [1.82, 2.24) is 0 Å². The molecule has 0 aliphatic heterocycles. The summed E-state index contributed by atoms with van der Waals surface area (Å²) >= 11 is -5.23. The van der Waals surface area contributed by atoms with Gasteiger partial charge in [-0.05, 0) is 0 Å². The third-order valence-corrected chi connectivity index (χ3v) is 14.6. The van der Waals surface area contributed by atoms with Crippen molar-refractivity contribution in [1.29, 1.82) is 0 Å². The molecule has 0 heterocycles. The summed E-state index contributed by atoms with van der Waals surface area (Å²) in [7, 11) is 10.3. The Morgan fingerprint density at radius 2 is 0.938 bits per heavy atom. The van der Waals surface area contributed by atoms with Gasteiger partial charge in [-0.15, -0.1) is 0 Å². The van der Waals surface area contributed by atoms with E-state index in [1.807, 2.05) is 0 Å². The minimum absolute atomic E-state index is 1.42. The van der Waals surface area contributed by atoms with Gasteiger partial charge in [-0.2, -0.15) is 0 Å². The number of benzene rings is 2. The molecule has 0 N–H and O–H groups in total. The van der Waals surface area contributed by atoms with E-state index in [2.05, 4.69) is 113 Å². The molecular weight excluding hydrogens is 632 g/mol. The van der Waals surface area contributed by atoms with Crippen molar-refractivity contribution in [2.75, 3.05) is 0 Å². The minimum atomic E-state index is -1.85. The molecule has 0 saturated heterocycles. The molecule has 0 saturated carbocycles. The van der Waals surface area contributed by atoms with E-state index in [0.717, 1.165) is 0 Å². The number of rotatable bonds is 2. The first-order chi connectivity index (χ1) is 14.7. The van der Waals surface area contributed by atoms with Crippen molar-refractivity contribution in [3.63, 3.8) is 0 Å². The van der Waals surface area contributed by atoms with Crippen LogP contribution < -0.4 is 8.79 Å². The molecule has 0 atom stereocenters. The summed E-state index contributed by atoms with van der Waals surface area (Å²) in [4.78, 5) is 0. The van der Waals surface area contributed by atoms with Gasteiger partial charge in [0, 0.05) is 0 Å². The van der Waals surface area contributed by atoms with E-state index in [0.29, 0.717) is 0 Å². The fourth-order valence-electron chi connectivity index (χ4n) is 4.73. The summed E-state index contributed by atoms with van der Waals surface area (Å²) in [5, 5.41) is 5.83. The van der Waals surface area contributed by atoms with Gasteiger partial charge in [0.2, 0.25) is 0 Å². The zero-order chi connectivity index (χ0) is 24.3. The van der Waals surface area contributed by atoms with Gasteiger partial charge in [0.25, 0.3) is 0 Å². The predicted octanol–water partition coefficient (Wildman–Crippen LogP) is 8.17. The molecule has 5 heteroatoms. The van der Waals surface area contributed by atoms with Gasteiger partial charge in [0.1, 0.15) is 0 Å². The molecule has 32 heavy (non-hydrogen) atoms. The second-order valence-corrected chi connectivity index (χ2v) is 39.6. The molecule has 4 rings (SSSR count). The quantitative estimate of drug-likeness (QED) is 0.150. The van der Waals surface area contributed by atoms with E-state index in [9.17, 15) is 0 Å². The standard InChI is InChI=1S/2C13H17Ge.CH2.2ClH.Zr/c2*1-10-9-11-7-5-6-8-12(11)13(10)14(2,3)4;;;;/h2*5-9H,1-4H3;1H2;2*1H;/q2*-1;;;;+2/p-2. The second-order valence-electron chi connectivity index (χ2n) is 10.4. The molecule has 0 aromatic heterocycles. The monoisotopic (exact) mass is 668 g/mol. The molecule has 0 fully saturated rings. The molecule has 0 amide bonds. The SMILES string of the molecule is Cc1[cH-]c2ccccc2[c]1[Ge]([CH3])([CH3])[CH3].Cc1[cH-]c2ccccc2[c]1[Ge]([CH3])([CH3])[CH3].[CH2]=[Zr]([Cl])[Cl]. The number of hydrogen-bond donors (Lipinski definition) is 0. The first kappa shape index (κ1) is 28.3. The Labute approximate surface area is 215 Å². The van der Waals surface area contributed by atoms with Gasteiger partial charge in [-0.3, -0.25) is 0 Å². The maximum absolute atomic E-state index is 5.13. The molecule has 0 spiro atoms. The van der Waals surface area contributed by atoms with Gasteiger partial charge in [0.15, 0.2) is 0 Å². The van der Waals surface area contributed by atoms with Crippen LogP contribution in [-0.4, -0.2) is 30.7 Å². The number of aryl methyl sites for hydroxylation is 2. The fraction of sp³-hybridized carbons (Fsp3) is 0.296. The zero-order valence-corrected chi connectivity index (χ0v) is 28.9. The molecule has 0 nitrogen and oxygen atoms in total. The number of fused-ring (bicyclic) bond motifs is 2. The topological polar surface area (TPSA) is 0 Å². The third kappa shape index (κ3) is 7.54. The molecule has 4 aromatic carbocycles. The predicted molar refractivity (Wildman–Crippen MR) is 153 cm³/mol. The van der Waals surface area contributed by atoms with Gasteiger partial charge in [-0.1, -0.05) is 0 Å². The second kappa shape index (κ2) is 11.7. The summed E-state index contributed by atoms with van der Waals surface area (Å²) in [5.41, 5.74) is 3.00. The van der Waals surface area contributed by atoms with E-state index >= 15 is 0 Å². The Morgan fingerprint density at radius 1 is 0.656 bits per heavy atom. The molecule has 4 aromatic rings.